The summed E-state index contributed by atoms with van der Waals surface area (Å²) in [6.07, 6.45) is 5.40. The van der Waals surface area contributed by atoms with Gasteiger partial charge in [-0.3, -0.25) is 9.20 Å². The lowest BCUT2D eigenvalue weighted by atomic mass is 10.1. The molecule has 1 aliphatic carbocycles. The average Bonchev–Trinajstić information content (AvgIpc) is 3.55. The molecule has 2 aromatic heterocycles. The first-order valence-electron chi connectivity index (χ1n) is 10.5. The van der Waals surface area contributed by atoms with Crippen LogP contribution in [-0.4, -0.2) is 26.8 Å². The van der Waals surface area contributed by atoms with Crippen LogP contribution >= 0.6 is 23.2 Å². The molecule has 6 nitrogen and oxygen atoms in total. The molecule has 2 aromatic carbocycles. The van der Waals surface area contributed by atoms with Gasteiger partial charge in [-0.05, 0) is 48.6 Å². The van der Waals surface area contributed by atoms with Gasteiger partial charge in [-0.25, -0.2) is 14.4 Å². The van der Waals surface area contributed by atoms with Crippen LogP contribution in [0.15, 0.2) is 61.1 Å². The largest absolute Gasteiger partial charge is 0.453 e. The SMILES string of the molecule is O=C(NCC(F)c1ccc(Cl)cc1Cl)c1c(Oc2cccc(C3CC3)c2)cnc2nccn12. The number of halogens is 3. The van der Waals surface area contributed by atoms with Gasteiger partial charge < -0.3 is 10.1 Å². The Morgan fingerprint density at radius 2 is 2.06 bits per heavy atom. The molecule has 4 aromatic rings. The zero-order valence-electron chi connectivity index (χ0n) is 17.3. The molecule has 0 saturated heterocycles. The number of nitrogens with zero attached hydrogens (tertiary/aromatic N) is 3. The second kappa shape index (κ2) is 9.00. The topological polar surface area (TPSA) is 68.5 Å². The molecular formula is C24H19Cl2FN4O2. The Morgan fingerprint density at radius 1 is 1.21 bits per heavy atom. The number of carbonyl (C=O) groups excluding carboxylic acids is 1. The van der Waals surface area contributed by atoms with Gasteiger partial charge in [0.15, 0.2) is 11.4 Å². The van der Waals surface area contributed by atoms with Crippen LogP contribution in [0.25, 0.3) is 5.78 Å². The Balaban J connectivity index is 1.39. The summed E-state index contributed by atoms with van der Waals surface area (Å²) < 4.78 is 22.4. The van der Waals surface area contributed by atoms with Crippen molar-refractivity contribution in [1.29, 1.82) is 0 Å². The van der Waals surface area contributed by atoms with Crippen molar-refractivity contribution in [2.75, 3.05) is 6.54 Å². The highest BCUT2D eigenvalue weighted by Crippen LogP contribution is 2.41. The third-order valence-corrected chi connectivity index (χ3v) is 6.05. The van der Waals surface area contributed by atoms with Crippen LogP contribution in [0.3, 0.4) is 0 Å². The van der Waals surface area contributed by atoms with Crippen molar-refractivity contribution in [1.82, 2.24) is 19.7 Å². The summed E-state index contributed by atoms with van der Waals surface area (Å²) in [4.78, 5) is 21.5. The number of hydrogen-bond acceptors (Lipinski definition) is 4. The Kier molecular flexibility index (Phi) is 5.91. The number of aromatic nitrogens is 3. The molecule has 1 atom stereocenters. The maximum atomic E-state index is 14.8. The number of ether oxygens (including phenoxy) is 1. The van der Waals surface area contributed by atoms with E-state index in [1.165, 1.54) is 47.3 Å². The molecule has 1 amide bonds. The molecule has 2 heterocycles. The van der Waals surface area contributed by atoms with E-state index in [-0.39, 0.29) is 28.6 Å². The minimum atomic E-state index is -1.52. The maximum Gasteiger partial charge on any atom is 0.272 e. The summed E-state index contributed by atoms with van der Waals surface area (Å²) in [5, 5.41) is 3.23. The highest BCUT2D eigenvalue weighted by Gasteiger charge is 2.25. The number of amides is 1. The fourth-order valence-electron chi connectivity index (χ4n) is 3.66. The predicted octanol–water partition coefficient (Wildman–Crippen LogP) is 6.15. The molecule has 33 heavy (non-hydrogen) atoms. The summed E-state index contributed by atoms with van der Waals surface area (Å²) in [6, 6.07) is 12.3. The molecule has 1 fully saturated rings. The highest BCUT2D eigenvalue weighted by atomic mass is 35.5. The average molecular weight is 485 g/mol. The van der Waals surface area contributed by atoms with Crippen LogP contribution in [0, 0.1) is 0 Å². The fraction of sp³-hybridized carbons (Fsp3) is 0.208. The summed E-state index contributed by atoms with van der Waals surface area (Å²) in [5.74, 6) is 1.21. The van der Waals surface area contributed by atoms with E-state index < -0.39 is 12.1 Å². The van der Waals surface area contributed by atoms with E-state index in [2.05, 4.69) is 21.4 Å². The first-order valence-corrected chi connectivity index (χ1v) is 11.2. The molecule has 1 N–H and O–H groups in total. The van der Waals surface area contributed by atoms with Crippen LogP contribution in [0.2, 0.25) is 10.0 Å². The van der Waals surface area contributed by atoms with Crippen molar-refractivity contribution in [2.24, 2.45) is 0 Å². The lowest BCUT2D eigenvalue weighted by Crippen LogP contribution is -2.29. The van der Waals surface area contributed by atoms with Crippen molar-refractivity contribution >= 4 is 34.9 Å². The van der Waals surface area contributed by atoms with Gasteiger partial charge in [0.1, 0.15) is 11.9 Å². The van der Waals surface area contributed by atoms with Crippen molar-refractivity contribution in [3.63, 3.8) is 0 Å². The van der Waals surface area contributed by atoms with E-state index in [0.29, 0.717) is 22.5 Å². The quantitative estimate of drug-likeness (QED) is 0.341. The first-order chi connectivity index (χ1) is 16.0. The molecule has 0 bridgehead atoms. The van der Waals surface area contributed by atoms with Gasteiger partial charge in [0.2, 0.25) is 5.78 Å². The van der Waals surface area contributed by atoms with Crippen LogP contribution in [0.1, 0.15) is 46.5 Å². The van der Waals surface area contributed by atoms with E-state index in [1.807, 2.05) is 18.2 Å². The monoisotopic (exact) mass is 484 g/mol. The first kappa shape index (κ1) is 21.7. The fourth-order valence-corrected chi connectivity index (χ4v) is 4.19. The minimum Gasteiger partial charge on any atom is -0.453 e. The molecule has 5 rings (SSSR count). The standard InChI is InChI=1S/C24H19Cl2FN4O2/c25-16-6-7-18(19(26)11-16)20(27)12-29-23(32)22-21(13-30-24-28-8-9-31(22)24)33-17-3-1-2-15(10-17)14-4-5-14/h1-3,6-11,13-14,20H,4-5,12H2,(H,29,32). The minimum absolute atomic E-state index is 0.170. The second-order valence-corrected chi connectivity index (χ2v) is 8.70. The number of carbonyl (C=O) groups is 1. The lowest BCUT2D eigenvalue weighted by Gasteiger charge is -2.15. The van der Waals surface area contributed by atoms with E-state index >= 15 is 0 Å². The van der Waals surface area contributed by atoms with E-state index in [9.17, 15) is 9.18 Å². The predicted molar refractivity (Wildman–Crippen MR) is 124 cm³/mol. The summed E-state index contributed by atoms with van der Waals surface area (Å²) >= 11 is 12.0. The Bertz CT molecular complexity index is 1340. The Morgan fingerprint density at radius 3 is 2.85 bits per heavy atom. The third-order valence-electron chi connectivity index (χ3n) is 5.48. The summed E-state index contributed by atoms with van der Waals surface area (Å²) in [5.41, 5.74) is 1.62. The Hall–Kier alpha value is -3.16. The van der Waals surface area contributed by atoms with Gasteiger partial charge in [0.25, 0.3) is 5.91 Å². The third kappa shape index (κ3) is 4.65. The molecule has 0 spiro atoms. The van der Waals surface area contributed by atoms with Gasteiger partial charge in [0.05, 0.1) is 12.7 Å². The van der Waals surface area contributed by atoms with Gasteiger partial charge >= 0.3 is 0 Å². The molecule has 168 valence electrons. The molecule has 0 aliphatic heterocycles. The number of alkyl halides is 1. The van der Waals surface area contributed by atoms with Crippen molar-refractivity contribution in [3.05, 3.63) is 87.9 Å². The van der Waals surface area contributed by atoms with Crippen molar-refractivity contribution < 1.29 is 13.9 Å². The smallest absolute Gasteiger partial charge is 0.272 e. The summed E-state index contributed by atoms with van der Waals surface area (Å²) in [7, 11) is 0. The number of nitrogens with one attached hydrogen (secondary N) is 1. The number of fused-ring (bicyclic) bond motifs is 1. The second-order valence-electron chi connectivity index (χ2n) is 7.86. The molecule has 1 aliphatic rings. The van der Waals surface area contributed by atoms with E-state index in [4.69, 9.17) is 27.9 Å². The van der Waals surface area contributed by atoms with Crippen LogP contribution in [0.5, 0.6) is 11.5 Å². The van der Waals surface area contributed by atoms with Crippen molar-refractivity contribution in [3.8, 4) is 11.5 Å². The number of rotatable bonds is 7. The van der Waals surface area contributed by atoms with E-state index in [0.717, 1.165) is 0 Å². The van der Waals surface area contributed by atoms with Crippen LogP contribution in [0.4, 0.5) is 4.39 Å². The highest BCUT2D eigenvalue weighted by molar-refractivity contribution is 6.35. The van der Waals surface area contributed by atoms with Crippen molar-refractivity contribution in [2.45, 2.75) is 24.9 Å². The number of benzene rings is 2. The molecule has 1 unspecified atom stereocenters. The lowest BCUT2D eigenvalue weighted by molar-refractivity contribution is 0.0932. The number of imidazole rings is 1. The zero-order valence-corrected chi connectivity index (χ0v) is 18.9. The number of hydrogen-bond donors (Lipinski definition) is 1. The molecular weight excluding hydrogens is 466 g/mol. The molecule has 9 heteroatoms. The zero-order chi connectivity index (χ0) is 22.9. The van der Waals surface area contributed by atoms with Gasteiger partial charge in [-0.15, -0.1) is 0 Å². The Labute approximate surface area is 199 Å². The molecule has 1 saturated carbocycles. The van der Waals surface area contributed by atoms with Crippen LogP contribution < -0.4 is 10.1 Å². The van der Waals surface area contributed by atoms with E-state index in [1.54, 1.807) is 12.3 Å². The normalized spacial score (nSPS) is 14.3. The van der Waals surface area contributed by atoms with Gasteiger partial charge in [0, 0.05) is 28.0 Å². The van der Waals surface area contributed by atoms with Crippen LogP contribution in [-0.2, 0) is 0 Å². The van der Waals surface area contributed by atoms with Gasteiger partial charge in [-0.1, -0.05) is 41.4 Å². The maximum absolute atomic E-state index is 14.8. The molecule has 0 radical (unpaired) electrons. The van der Waals surface area contributed by atoms with Gasteiger partial charge in [-0.2, -0.15) is 0 Å². The summed E-state index contributed by atoms with van der Waals surface area (Å²) in [6.45, 7) is -0.282.